The van der Waals surface area contributed by atoms with Crippen LogP contribution in [0.5, 0.6) is 0 Å². The summed E-state index contributed by atoms with van der Waals surface area (Å²) in [6.07, 6.45) is 0. The standard InChI is InChI=1S/C2H6O.HI.Mg/c1-2-3;;/h3H,2H2,1H3;1H;/q;;+3/p-1. The molecular formula is C2H6IMgO+2. The second-order valence-electron chi connectivity index (χ2n) is 0.316. The highest BCUT2D eigenvalue weighted by atomic mass is 127. The van der Waals surface area contributed by atoms with E-state index < -0.39 is 0 Å². The zero-order valence-corrected chi connectivity index (χ0v) is 6.81. The van der Waals surface area contributed by atoms with E-state index in [0.717, 1.165) is 0 Å². The fourth-order valence-electron chi connectivity index (χ4n) is 0. The molecule has 0 aliphatic rings. The van der Waals surface area contributed by atoms with E-state index in [-0.39, 0.29) is 6.61 Å². The fraction of sp³-hybridized carbons (Fsp3) is 1.00. The number of aliphatic hydroxyl groups is 1. The molecule has 7 radical (unpaired) electrons. The van der Waals surface area contributed by atoms with Crippen molar-refractivity contribution < 1.29 is 5.11 Å². The topological polar surface area (TPSA) is 20.2 Å². The van der Waals surface area contributed by atoms with Gasteiger partial charge in [0, 0.05) is 6.61 Å². The molecule has 0 bridgehead atoms. The molecule has 5 heavy (non-hydrogen) atoms. The molecule has 0 atom stereocenters. The zero-order chi connectivity index (χ0) is 4.71. The number of rotatable bonds is 0. The van der Waals surface area contributed by atoms with E-state index in [1.54, 1.807) is 6.92 Å². The highest BCUT2D eigenvalue weighted by molar-refractivity contribution is 14.1. The summed E-state index contributed by atoms with van der Waals surface area (Å²) in [5.74, 6) is 0. The van der Waals surface area contributed by atoms with Crippen molar-refractivity contribution >= 4 is 36.7 Å². The molecular weight excluding hydrogens is 191 g/mol. The van der Waals surface area contributed by atoms with Gasteiger partial charge in [0.15, 0.2) is 0 Å². The zero-order valence-electron chi connectivity index (χ0n) is 3.24. The molecule has 0 aromatic carbocycles. The van der Waals surface area contributed by atoms with Crippen molar-refractivity contribution in [3.8, 4) is 0 Å². The van der Waals surface area contributed by atoms with E-state index in [1.165, 1.54) is 0 Å². The highest BCUT2D eigenvalue weighted by Crippen LogP contribution is 1.44. The van der Waals surface area contributed by atoms with Crippen molar-refractivity contribution in [2.45, 2.75) is 6.92 Å². The van der Waals surface area contributed by atoms with Crippen LogP contribution in [0.3, 0.4) is 0 Å². The van der Waals surface area contributed by atoms with Crippen molar-refractivity contribution in [1.29, 1.82) is 0 Å². The minimum atomic E-state index is 0.250. The van der Waals surface area contributed by atoms with E-state index >= 15 is 0 Å². The predicted octanol–water partition coefficient (Wildman–Crippen LogP) is 0.504. The molecule has 0 aromatic rings. The molecule has 0 aliphatic heterocycles. The first-order valence-corrected chi connectivity index (χ1v) is 6.40. The molecule has 0 rings (SSSR count). The van der Waals surface area contributed by atoms with Crippen LogP contribution >= 0.6 is 18.9 Å². The summed E-state index contributed by atoms with van der Waals surface area (Å²) >= 11 is 4.01. The van der Waals surface area contributed by atoms with Crippen molar-refractivity contribution in [3.05, 3.63) is 0 Å². The van der Waals surface area contributed by atoms with Gasteiger partial charge < -0.3 is 5.11 Å². The molecule has 0 saturated carbocycles. The Morgan fingerprint density at radius 3 is 1.80 bits per heavy atom. The van der Waals surface area contributed by atoms with Gasteiger partial charge in [-0.3, -0.25) is 0 Å². The lowest BCUT2D eigenvalue weighted by Crippen LogP contribution is -1.57. The van der Waals surface area contributed by atoms with Crippen LogP contribution in [0.2, 0.25) is 0 Å². The van der Waals surface area contributed by atoms with Crippen LogP contribution in [-0.4, -0.2) is 29.5 Å². The van der Waals surface area contributed by atoms with Crippen LogP contribution in [0.1, 0.15) is 6.92 Å². The maximum atomic E-state index is 7.57. The Hall–Kier alpha value is 1.46. The Bertz CT molecular complexity index is 9.61. The number of hydrogen-bond donors (Lipinski definition) is 1. The van der Waals surface area contributed by atoms with Gasteiger partial charge >= 0.3 is 36.7 Å². The smallest absolute Gasteiger partial charge is 0.397 e. The molecule has 0 aliphatic carbocycles. The van der Waals surface area contributed by atoms with Crippen LogP contribution in [0.25, 0.3) is 0 Å². The average molecular weight is 197 g/mol. The first-order chi connectivity index (χ1) is 2.41. The van der Waals surface area contributed by atoms with Gasteiger partial charge in [-0.15, -0.1) is 0 Å². The van der Waals surface area contributed by atoms with Gasteiger partial charge in [0.2, 0.25) is 0 Å². The number of halogens is 1. The number of hydrogen-bond acceptors (Lipinski definition) is 1. The first kappa shape index (κ1) is 9.68. The Kier molecular flexibility index (Phi) is 34.8. The van der Waals surface area contributed by atoms with Crippen molar-refractivity contribution in [2.24, 2.45) is 0 Å². The number of aliphatic hydroxyl groups excluding tert-OH is 1. The highest BCUT2D eigenvalue weighted by Gasteiger charge is 2.12. The van der Waals surface area contributed by atoms with Gasteiger partial charge in [-0.1, -0.05) is 0 Å². The molecule has 27 valence electrons. The minimum Gasteiger partial charge on any atom is -0.397 e. The van der Waals surface area contributed by atoms with Crippen LogP contribution in [-0.2, 0) is 0 Å². The molecule has 0 amide bonds. The van der Waals surface area contributed by atoms with Gasteiger partial charge in [-0.2, -0.15) is 0 Å². The maximum Gasteiger partial charge on any atom is 1.49 e. The Labute approximate surface area is 55.0 Å². The monoisotopic (exact) mass is 197 g/mol. The van der Waals surface area contributed by atoms with Gasteiger partial charge in [0.25, 0.3) is 0 Å². The quantitative estimate of drug-likeness (QED) is 0.443. The van der Waals surface area contributed by atoms with Crippen molar-refractivity contribution in [3.63, 3.8) is 0 Å². The Morgan fingerprint density at radius 2 is 1.80 bits per heavy atom. The fourth-order valence-corrected chi connectivity index (χ4v) is 0. The molecule has 0 unspecified atom stereocenters. The van der Waals surface area contributed by atoms with E-state index in [0.29, 0.717) is 0 Å². The van der Waals surface area contributed by atoms with Gasteiger partial charge in [0.05, 0.1) is 0 Å². The van der Waals surface area contributed by atoms with Gasteiger partial charge in [-0.25, -0.2) is 0 Å². The molecule has 3 heteroatoms. The molecule has 0 heterocycles. The summed E-state index contributed by atoms with van der Waals surface area (Å²) in [7, 11) is 0. The summed E-state index contributed by atoms with van der Waals surface area (Å²) in [5, 5.41) is 7.57. The lowest BCUT2D eigenvalue weighted by molar-refractivity contribution is 0.318. The molecule has 1 N–H and O–H groups in total. The van der Waals surface area contributed by atoms with Crippen LogP contribution < -0.4 is 0 Å². The maximum absolute atomic E-state index is 7.57. The molecule has 0 spiro atoms. The lowest BCUT2D eigenvalue weighted by Gasteiger charge is -1.52. The largest absolute Gasteiger partial charge is 1.49 e. The second-order valence-corrected chi connectivity index (χ2v) is 0.316. The summed E-state index contributed by atoms with van der Waals surface area (Å²) in [5.41, 5.74) is 0. The van der Waals surface area contributed by atoms with Gasteiger partial charge in [-0.05, 0) is 6.92 Å². The van der Waals surface area contributed by atoms with E-state index in [2.05, 4.69) is 18.9 Å². The molecule has 0 saturated heterocycles. The predicted molar refractivity (Wildman–Crippen MR) is 32.5 cm³/mol. The molecule has 0 fully saturated rings. The van der Waals surface area contributed by atoms with E-state index in [1.807, 2.05) is 17.8 Å². The third-order valence-electron chi connectivity index (χ3n) is 0. The third-order valence-corrected chi connectivity index (χ3v) is 0. The second kappa shape index (κ2) is 18.0. The van der Waals surface area contributed by atoms with Crippen LogP contribution in [0, 0.1) is 0 Å². The first-order valence-electron chi connectivity index (χ1n) is 1.29. The normalized spacial score (nSPS) is 4.80. The minimum absolute atomic E-state index is 0.250. The van der Waals surface area contributed by atoms with Crippen molar-refractivity contribution in [1.82, 2.24) is 0 Å². The summed E-state index contributed by atoms with van der Waals surface area (Å²) in [6, 6.07) is 0. The van der Waals surface area contributed by atoms with Crippen molar-refractivity contribution in [2.75, 3.05) is 6.61 Å². The van der Waals surface area contributed by atoms with E-state index in [9.17, 15) is 0 Å². The van der Waals surface area contributed by atoms with Gasteiger partial charge in [0.1, 0.15) is 0 Å². The third kappa shape index (κ3) is 30.7. The van der Waals surface area contributed by atoms with E-state index in [4.69, 9.17) is 5.11 Å². The summed E-state index contributed by atoms with van der Waals surface area (Å²) in [4.78, 5) is 0. The summed E-state index contributed by atoms with van der Waals surface area (Å²) in [6.45, 7) is 1.93. The Balaban J connectivity index is 0. The molecule has 1 nitrogen and oxygen atoms in total. The average Bonchev–Trinajstić information content (AvgIpc) is 1.46. The Morgan fingerprint density at radius 1 is 1.80 bits per heavy atom. The summed E-state index contributed by atoms with van der Waals surface area (Å²) < 4.78 is 0. The SMILES string of the molecule is CCO.[Mg+2][I]. The van der Waals surface area contributed by atoms with Crippen LogP contribution in [0.15, 0.2) is 0 Å². The van der Waals surface area contributed by atoms with Crippen LogP contribution in [0.4, 0.5) is 0 Å². The lowest BCUT2D eigenvalue weighted by atomic mass is 10.9. The molecule has 0 aromatic heterocycles.